The van der Waals surface area contributed by atoms with Crippen LogP contribution in [-0.4, -0.2) is 27.1 Å². The highest BCUT2D eigenvalue weighted by atomic mass is 32.2. The smallest absolute Gasteiger partial charge is 0.230 e. The molecule has 0 aromatic heterocycles. The summed E-state index contributed by atoms with van der Waals surface area (Å²) in [5, 5.41) is 0. The van der Waals surface area contributed by atoms with Crippen LogP contribution in [0.5, 0.6) is 0 Å². The number of nitrogens with zero attached hydrogens (tertiary/aromatic N) is 1. The molecule has 1 fully saturated rings. The molecule has 4 nitrogen and oxygen atoms in total. The van der Waals surface area contributed by atoms with Gasteiger partial charge in [0.1, 0.15) is 0 Å². The van der Waals surface area contributed by atoms with E-state index in [1.165, 1.54) is 6.26 Å². The maximum Gasteiger partial charge on any atom is 0.230 e. The lowest BCUT2D eigenvalue weighted by molar-refractivity contribution is -0.119. The quantitative estimate of drug-likeness (QED) is 0.829. The monoisotopic (exact) mass is 279 g/mol. The van der Waals surface area contributed by atoms with Gasteiger partial charge in [0.25, 0.3) is 0 Å². The molecular formula is C14H17NO3S. The normalized spacial score (nSPS) is 19.1. The van der Waals surface area contributed by atoms with E-state index in [1.54, 1.807) is 17.0 Å². The third kappa shape index (κ3) is 2.27. The van der Waals surface area contributed by atoms with Crippen molar-refractivity contribution in [2.24, 2.45) is 5.92 Å². The third-order valence-electron chi connectivity index (χ3n) is 3.80. The lowest BCUT2D eigenvalue weighted by Crippen LogP contribution is -2.37. The number of carbonyl (C=O) groups excluding carboxylic acids is 1. The maximum absolute atomic E-state index is 12.3. The van der Waals surface area contributed by atoms with Crippen LogP contribution in [0.4, 0.5) is 5.69 Å². The first kappa shape index (κ1) is 12.7. The third-order valence-corrected chi connectivity index (χ3v) is 4.98. The number of fused-ring (bicyclic) bond motifs is 1. The van der Waals surface area contributed by atoms with Gasteiger partial charge in [-0.15, -0.1) is 0 Å². The Balaban J connectivity index is 2.08. The summed E-state index contributed by atoms with van der Waals surface area (Å²) in [6, 6.07) is 5.23. The van der Waals surface area contributed by atoms with Crippen molar-refractivity contribution in [3.05, 3.63) is 23.8 Å². The first-order valence-corrected chi connectivity index (χ1v) is 8.51. The van der Waals surface area contributed by atoms with Crippen molar-refractivity contribution in [1.29, 1.82) is 0 Å². The number of hydrogen-bond donors (Lipinski definition) is 0. The molecule has 0 spiro atoms. The van der Waals surface area contributed by atoms with Gasteiger partial charge in [-0.25, -0.2) is 8.42 Å². The fourth-order valence-electron chi connectivity index (χ4n) is 2.72. The lowest BCUT2D eigenvalue weighted by atomic mass is 10.0. The highest BCUT2D eigenvalue weighted by Gasteiger charge is 2.36. The molecule has 2 aliphatic rings. The number of amides is 1. The van der Waals surface area contributed by atoms with Gasteiger partial charge in [-0.2, -0.15) is 0 Å². The minimum Gasteiger partial charge on any atom is -0.312 e. The first-order valence-electron chi connectivity index (χ1n) is 6.62. The van der Waals surface area contributed by atoms with E-state index in [1.807, 2.05) is 6.07 Å². The Morgan fingerprint density at radius 1 is 1.32 bits per heavy atom. The zero-order valence-electron chi connectivity index (χ0n) is 10.9. The molecule has 1 aromatic rings. The Labute approximate surface area is 113 Å². The number of rotatable bonds is 2. The zero-order chi connectivity index (χ0) is 13.6. The Hall–Kier alpha value is -1.36. The minimum atomic E-state index is -3.24. The van der Waals surface area contributed by atoms with Crippen molar-refractivity contribution >= 4 is 21.4 Å². The highest BCUT2D eigenvalue weighted by Crippen LogP contribution is 2.37. The first-order chi connectivity index (χ1) is 8.98. The van der Waals surface area contributed by atoms with Crippen LogP contribution in [0.1, 0.15) is 24.8 Å². The molecule has 19 heavy (non-hydrogen) atoms. The van der Waals surface area contributed by atoms with Crippen molar-refractivity contribution in [2.45, 2.75) is 30.6 Å². The second-order valence-electron chi connectivity index (χ2n) is 5.39. The number of benzene rings is 1. The summed E-state index contributed by atoms with van der Waals surface area (Å²) >= 11 is 0. The van der Waals surface area contributed by atoms with E-state index in [-0.39, 0.29) is 11.8 Å². The van der Waals surface area contributed by atoms with Gasteiger partial charge < -0.3 is 4.90 Å². The summed E-state index contributed by atoms with van der Waals surface area (Å²) in [5.41, 5.74) is 1.61. The van der Waals surface area contributed by atoms with E-state index >= 15 is 0 Å². The van der Waals surface area contributed by atoms with Crippen molar-refractivity contribution < 1.29 is 13.2 Å². The van der Waals surface area contributed by atoms with Crippen LogP contribution in [0.3, 0.4) is 0 Å². The van der Waals surface area contributed by atoms with Gasteiger partial charge in [-0.1, -0.05) is 6.07 Å². The summed E-state index contributed by atoms with van der Waals surface area (Å²) < 4.78 is 23.6. The standard InChI is InChI=1S/C14H17NO3S/c1-19(17,18)13-6-2-5-12-11(13)4-3-9-15(12)14(16)10-7-8-10/h2,5-6,10H,3-4,7-9H2,1H3. The molecule has 1 aliphatic carbocycles. The van der Waals surface area contributed by atoms with E-state index in [0.29, 0.717) is 11.4 Å². The molecule has 0 radical (unpaired) electrons. The molecule has 0 unspecified atom stereocenters. The molecule has 0 N–H and O–H groups in total. The van der Waals surface area contributed by atoms with Gasteiger partial charge in [0.2, 0.25) is 5.91 Å². The van der Waals surface area contributed by atoms with Crippen LogP contribution < -0.4 is 4.90 Å². The van der Waals surface area contributed by atoms with Gasteiger partial charge in [0, 0.05) is 24.4 Å². The molecule has 1 heterocycles. The maximum atomic E-state index is 12.3. The van der Waals surface area contributed by atoms with Crippen molar-refractivity contribution in [2.75, 3.05) is 17.7 Å². The average molecular weight is 279 g/mol. The van der Waals surface area contributed by atoms with Crippen LogP contribution in [0.2, 0.25) is 0 Å². The topological polar surface area (TPSA) is 54.5 Å². The predicted octanol–water partition coefficient (Wildman–Crippen LogP) is 1.78. The van der Waals surface area contributed by atoms with Crippen molar-refractivity contribution in [1.82, 2.24) is 0 Å². The SMILES string of the molecule is CS(=O)(=O)c1cccc2c1CCCN2C(=O)C1CC1. The number of sulfone groups is 1. The number of anilines is 1. The van der Waals surface area contributed by atoms with E-state index in [0.717, 1.165) is 36.9 Å². The fourth-order valence-corrected chi connectivity index (χ4v) is 3.70. The lowest BCUT2D eigenvalue weighted by Gasteiger charge is -2.30. The van der Waals surface area contributed by atoms with Crippen LogP contribution in [0, 0.1) is 5.92 Å². The highest BCUT2D eigenvalue weighted by molar-refractivity contribution is 7.90. The van der Waals surface area contributed by atoms with Gasteiger partial charge >= 0.3 is 0 Å². The molecule has 1 aromatic carbocycles. The molecule has 3 rings (SSSR count). The molecule has 1 aliphatic heterocycles. The molecule has 1 amide bonds. The van der Waals surface area contributed by atoms with Gasteiger partial charge in [-0.3, -0.25) is 4.79 Å². The Kier molecular flexibility index (Phi) is 2.89. The van der Waals surface area contributed by atoms with Crippen LogP contribution in [0.15, 0.2) is 23.1 Å². The molecule has 1 saturated carbocycles. The fraction of sp³-hybridized carbons (Fsp3) is 0.500. The van der Waals surface area contributed by atoms with Gasteiger partial charge in [0.15, 0.2) is 9.84 Å². The molecule has 0 atom stereocenters. The molecule has 0 saturated heterocycles. The van der Waals surface area contributed by atoms with Crippen LogP contribution in [0.25, 0.3) is 0 Å². The van der Waals surface area contributed by atoms with E-state index in [9.17, 15) is 13.2 Å². The summed E-state index contributed by atoms with van der Waals surface area (Å²) in [7, 11) is -3.24. The van der Waals surface area contributed by atoms with Gasteiger partial charge in [-0.05, 0) is 43.4 Å². The minimum absolute atomic E-state index is 0.159. The summed E-state index contributed by atoms with van der Waals surface area (Å²) in [5.74, 6) is 0.319. The molecule has 0 bridgehead atoms. The van der Waals surface area contributed by atoms with E-state index in [4.69, 9.17) is 0 Å². The van der Waals surface area contributed by atoms with Crippen molar-refractivity contribution in [3.63, 3.8) is 0 Å². The Morgan fingerprint density at radius 3 is 2.68 bits per heavy atom. The average Bonchev–Trinajstić information content (AvgIpc) is 3.19. The van der Waals surface area contributed by atoms with Crippen LogP contribution >= 0.6 is 0 Å². The summed E-state index contributed by atoms with van der Waals surface area (Å²) in [4.78, 5) is 14.4. The number of carbonyl (C=O) groups is 1. The van der Waals surface area contributed by atoms with Crippen LogP contribution in [-0.2, 0) is 21.1 Å². The molecule has 5 heteroatoms. The number of hydrogen-bond acceptors (Lipinski definition) is 3. The molecular weight excluding hydrogens is 262 g/mol. The Bertz CT molecular complexity index is 632. The van der Waals surface area contributed by atoms with Gasteiger partial charge in [0.05, 0.1) is 4.90 Å². The van der Waals surface area contributed by atoms with Crippen molar-refractivity contribution in [3.8, 4) is 0 Å². The Morgan fingerprint density at radius 2 is 2.05 bits per heavy atom. The molecule has 102 valence electrons. The largest absolute Gasteiger partial charge is 0.312 e. The summed E-state index contributed by atoms with van der Waals surface area (Å²) in [6.07, 6.45) is 4.72. The zero-order valence-corrected chi connectivity index (χ0v) is 11.7. The second kappa shape index (κ2) is 4.34. The second-order valence-corrected chi connectivity index (χ2v) is 7.38. The van der Waals surface area contributed by atoms with E-state index in [2.05, 4.69) is 0 Å². The summed E-state index contributed by atoms with van der Waals surface area (Å²) in [6.45, 7) is 0.704. The predicted molar refractivity (Wildman–Crippen MR) is 72.9 cm³/mol. The van der Waals surface area contributed by atoms with E-state index < -0.39 is 9.84 Å².